The van der Waals surface area contributed by atoms with Crippen LogP contribution in [0, 0.1) is 18.3 Å². The quantitative estimate of drug-likeness (QED) is 0.437. The molecule has 1 aromatic carbocycles. The lowest BCUT2D eigenvalue weighted by atomic mass is 10.2. The lowest BCUT2D eigenvalue weighted by Gasteiger charge is -1.99. The SMILES string of the molecule is Cc1ccc(SNCC#N)cc1. The molecule has 0 aliphatic carbocycles. The van der Waals surface area contributed by atoms with Crippen molar-refractivity contribution in [3.05, 3.63) is 29.8 Å². The Labute approximate surface area is 76.7 Å². The Kier molecular flexibility index (Phi) is 3.65. The summed E-state index contributed by atoms with van der Waals surface area (Å²) in [5, 5.41) is 8.26. The van der Waals surface area contributed by atoms with Gasteiger partial charge in [-0.3, -0.25) is 0 Å². The molecule has 0 spiro atoms. The number of benzene rings is 1. The highest BCUT2D eigenvalue weighted by molar-refractivity contribution is 7.97. The fourth-order valence-electron chi connectivity index (χ4n) is 0.758. The van der Waals surface area contributed by atoms with Crippen LogP contribution in [0.5, 0.6) is 0 Å². The van der Waals surface area contributed by atoms with Crippen LogP contribution in [0.1, 0.15) is 5.56 Å². The van der Waals surface area contributed by atoms with E-state index in [1.165, 1.54) is 17.5 Å². The molecule has 1 rings (SSSR count). The van der Waals surface area contributed by atoms with E-state index in [4.69, 9.17) is 5.26 Å². The van der Waals surface area contributed by atoms with Gasteiger partial charge in [0.25, 0.3) is 0 Å². The van der Waals surface area contributed by atoms with Gasteiger partial charge < -0.3 is 0 Å². The van der Waals surface area contributed by atoms with Crippen LogP contribution < -0.4 is 4.72 Å². The second-order valence-electron chi connectivity index (χ2n) is 2.39. The fraction of sp³-hybridized carbons (Fsp3) is 0.222. The minimum atomic E-state index is 0.374. The molecule has 0 aliphatic heterocycles. The zero-order valence-electron chi connectivity index (χ0n) is 6.87. The van der Waals surface area contributed by atoms with Gasteiger partial charge in [0.1, 0.15) is 0 Å². The van der Waals surface area contributed by atoms with Crippen molar-refractivity contribution < 1.29 is 0 Å². The third-order valence-corrected chi connectivity index (χ3v) is 2.16. The van der Waals surface area contributed by atoms with Gasteiger partial charge in [0.15, 0.2) is 0 Å². The molecule has 12 heavy (non-hydrogen) atoms. The Bertz CT molecular complexity index is 274. The maximum absolute atomic E-state index is 8.26. The number of nitriles is 1. The standard InChI is InChI=1S/C9H10N2S/c1-8-2-4-9(5-3-8)12-11-7-6-10/h2-5,11H,7H2,1H3. The predicted molar refractivity (Wildman–Crippen MR) is 50.7 cm³/mol. The Morgan fingerprint density at radius 2 is 2.08 bits per heavy atom. The molecule has 1 N–H and O–H groups in total. The number of hydrogen-bond acceptors (Lipinski definition) is 3. The normalized spacial score (nSPS) is 9.33. The van der Waals surface area contributed by atoms with Crippen molar-refractivity contribution in [1.29, 1.82) is 5.26 Å². The highest BCUT2D eigenvalue weighted by atomic mass is 32.2. The molecule has 1 aromatic rings. The third kappa shape index (κ3) is 2.95. The van der Waals surface area contributed by atoms with Crippen molar-refractivity contribution in [3.8, 4) is 6.07 Å². The number of rotatable bonds is 3. The highest BCUT2D eigenvalue weighted by Crippen LogP contribution is 2.13. The van der Waals surface area contributed by atoms with E-state index >= 15 is 0 Å². The van der Waals surface area contributed by atoms with Gasteiger partial charge in [-0.25, -0.2) is 4.72 Å². The summed E-state index contributed by atoms with van der Waals surface area (Å²) >= 11 is 1.48. The van der Waals surface area contributed by atoms with E-state index in [1.807, 2.05) is 18.2 Å². The van der Waals surface area contributed by atoms with Gasteiger partial charge in [-0.2, -0.15) is 5.26 Å². The van der Waals surface area contributed by atoms with Crippen LogP contribution in [0.25, 0.3) is 0 Å². The van der Waals surface area contributed by atoms with Crippen LogP contribution in [0.15, 0.2) is 29.2 Å². The zero-order chi connectivity index (χ0) is 8.81. The number of nitrogens with zero attached hydrogens (tertiary/aromatic N) is 1. The summed E-state index contributed by atoms with van der Waals surface area (Å²) in [6.07, 6.45) is 0. The Hall–Kier alpha value is -0.980. The molecule has 0 amide bonds. The van der Waals surface area contributed by atoms with E-state index in [-0.39, 0.29) is 0 Å². The Morgan fingerprint density at radius 1 is 1.42 bits per heavy atom. The van der Waals surface area contributed by atoms with Crippen LogP contribution in [-0.2, 0) is 0 Å². The number of nitrogens with one attached hydrogen (secondary N) is 1. The molecule has 0 atom stereocenters. The average Bonchev–Trinajstić information content (AvgIpc) is 2.09. The molecule has 0 saturated carbocycles. The summed E-state index contributed by atoms with van der Waals surface area (Å²) in [6, 6.07) is 10.2. The van der Waals surface area contributed by atoms with Crippen LogP contribution >= 0.6 is 11.9 Å². The summed E-state index contributed by atoms with van der Waals surface area (Å²) < 4.78 is 2.93. The van der Waals surface area contributed by atoms with Crippen molar-refractivity contribution in [3.63, 3.8) is 0 Å². The van der Waals surface area contributed by atoms with Gasteiger partial charge in [0.2, 0.25) is 0 Å². The number of hydrogen-bond donors (Lipinski definition) is 1. The van der Waals surface area contributed by atoms with Crippen LogP contribution in [0.2, 0.25) is 0 Å². The average molecular weight is 178 g/mol. The first-order valence-corrected chi connectivity index (χ1v) is 4.48. The molecule has 0 heterocycles. The minimum Gasteiger partial charge on any atom is -0.246 e. The molecule has 2 nitrogen and oxygen atoms in total. The summed E-state index contributed by atoms with van der Waals surface area (Å²) in [7, 11) is 0. The molecule has 0 bridgehead atoms. The Balaban J connectivity index is 2.43. The van der Waals surface area contributed by atoms with Crippen LogP contribution in [-0.4, -0.2) is 6.54 Å². The maximum Gasteiger partial charge on any atom is 0.0935 e. The largest absolute Gasteiger partial charge is 0.246 e. The van der Waals surface area contributed by atoms with Crippen LogP contribution in [0.3, 0.4) is 0 Å². The van der Waals surface area contributed by atoms with Crippen molar-refractivity contribution in [2.75, 3.05) is 6.54 Å². The second kappa shape index (κ2) is 4.81. The van der Waals surface area contributed by atoms with Gasteiger partial charge in [-0.15, -0.1) is 0 Å². The van der Waals surface area contributed by atoms with Gasteiger partial charge in [0, 0.05) is 4.90 Å². The van der Waals surface area contributed by atoms with E-state index in [9.17, 15) is 0 Å². The molecule has 0 saturated heterocycles. The molecular weight excluding hydrogens is 168 g/mol. The van der Waals surface area contributed by atoms with Gasteiger partial charge in [0.05, 0.1) is 12.6 Å². The summed E-state index contributed by atoms with van der Waals surface area (Å²) in [6.45, 7) is 2.43. The molecule has 0 fully saturated rings. The zero-order valence-corrected chi connectivity index (χ0v) is 7.69. The minimum absolute atomic E-state index is 0.374. The highest BCUT2D eigenvalue weighted by Gasteiger charge is 1.91. The molecule has 62 valence electrons. The van der Waals surface area contributed by atoms with E-state index in [0.29, 0.717) is 6.54 Å². The van der Waals surface area contributed by atoms with Crippen molar-refractivity contribution in [1.82, 2.24) is 4.72 Å². The van der Waals surface area contributed by atoms with Crippen molar-refractivity contribution in [2.24, 2.45) is 0 Å². The molecule has 0 aliphatic rings. The van der Waals surface area contributed by atoms with Gasteiger partial charge >= 0.3 is 0 Å². The molecule has 0 unspecified atom stereocenters. The monoisotopic (exact) mass is 178 g/mol. The van der Waals surface area contributed by atoms with Gasteiger partial charge in [-0.05, 0) is 31.0 Å². The molecule has 0 aromatic heterocycles. The summed E-state index contributed by atoms with van der Waals surface area (Å²) in [4.78, 5) is 1.14. The van der Waals surface area contributed by atoms with Gasteiger partial charge in [-0.1, -0.05) is 17.7 Å². The first-order valence-electron chi connectivity index (χ1n) is 3.66. The first kappa shape index (κ1) is 9.11. The lowest BCUT2D eigenvalue weighted by Crippen LogP contribution is -2.01. The predicted octanol–water partition coefficient (Wildman–Crippen LogP) is 2.12. The lowest BCUT2D eigenvalue weighted by molar-refractivity contribution is 1.13. The topological polar surface area (TPSA) is 35.8 Å². The number of aryl methyl sites for hydroxylation is 1. The van der Waals surface area contributed by atoms with E-state index in [2.05, 4.69) is 23.8 Å². The molecular formula is C9H10N2S. The van der Waals surface area contributed by atoms with Crippen LogP contribution in [0.4, 0.5) is 0 Å². The van der Waals surface area contributed by atoms with E-state index < -0.39 is 0 Å². The van der Waals surface area contributed by atoms with E-state index in [1.54, 1.807) is 0 Å². The first-order chi connectivity index (χ1) is 5.83. The summed E-state index contributed by atoms with van der Waals surface area (Å²) in [5.41, 5.74) is 1.25. The molecule has 3 heteroatoms. The summed E-state index contributed by atoms with van der Waals surface area (Å²) in [5.74, 6) is 0. The van der Waals surface area contributed by atoms with Crippen molar-refractivity contribution in [2.45, 2.75) is 11.8 Å². The second-order valence-corrected chi connectivity index (χ2v) is 3.36. The van der Waals surface area contributed by atoms with Crippen molar-refractivity contribution >= 4 is 11.9 Å². The van der Waals surface area contributed by atoms with E-state index in [0.717, 1.165) is 4.90 Å². The smallest absolute Gasteiger partial charge is 0.0935 e. The Morgan fingerprint density at radius 3 is 2.67 bits per heavy atom. The third-order valence-electron chi connectivity index (χ3n) is 1.36. The molecule has 0 radical (unpaired) electrons. The maximum atomic E-state index is 8.26. The fourth-order valence-corrected chi connectivity index (χ4v) is 1.33.